The van der Waals surface area contributed by atoms with Gasteiger partial charge in [-0.05, 0) is 30.7 Å². The Morgan fingerprint density at radius 3 is 3.05 bits per heavy atom. The minimum Gasteiger partial charge on any atom is -0.462 e. The molecule has 2 unspecified atom stereocenters. The van der Waals surface area contributed by atoms with Gasteiger partial charge in [-0.25, -0.2) is 4.79 Å². The van der Waals surface area contributed by atoms with Crippen molar-refractivity contribution in [2.24, 2.45) is 5.92 Å². The van der Waals surface area contributed by atoms with Gasteiger partial charge in [0.2, 0.25) is 5.91 Å². The van der Waals surface area contributed by atoms with E-state index >= 15 is 0 Å². The molecule has 1 aromatic heterocycles. The highest BCUT2D eigenvalue weighted by Crippen LogP contribution is 2.39. The summed E-state index contributed by atoms with van der Waals surface area (Å²) in [7, 11) is 1.83. The number of hydrogen-bond acceptors (Lipinski definition) is 4. The van der Waals surface area contributed by atoms with Gasteiger partial charge in [0.05, 0.1) is 12.6 Å². The van der Waals surface area contributed by atoms with Gasteiger partial charge in [-0.2, -0.15) is 0 Å². The standard InChI is InChI=1S/C16H19NO3S/c1-17-14(18)9-12(15(17)13-7-4-8-21-13)10-20-16(19)11-5-2-3-6-11/h4-5,7-8,12,15H,2-3,6,9-10H2,1H3. The number of amides is 1. The Bertz CT molecular complexity index is 564. The second kappa shape index (κ2) is 6.02. The summed E-state index contributed by atoms with van der Waals surface area (Å²) in [5, 5.41) is 2.01. The fourth-order valence-electron chi connectivity index (χ4n) is 3.12. The van der Waals surface area contributed by atoms with Gasteiger partial charge in [0, 0.05) is 29.8 Å². The zero-order chi connectivity index (χ0) is 14.8. The largest absolute Gasteiger partial charge is 0.462 e. The summed E-state index contributed by atoms with van der Waals surface area (Å²) in [5.74, 6) is -0.0407. The highest BCUT2D eigenvalue weighted by Gasteiger charge is 2.39. The van der Waals surface area contributed by atoms with Gasteiger partial charge < -0.3 is 9.64 Å². The number of hydrogen-bond donors (Lipinski definition) is 0. The molecule has 1 aliphatic carbocycles. The maximum atomic E-state index is 12.0. The number of ether oxygens (including phenoxy) is 1. The summed E-state index contributed by atoms with van der Waals surface area (Å²) < 4.78 is 5.45. The highest BCUT2D eigenvalue weighted by molar-refractivity contribution is 7.10. The first kappa shape index (κ1) is 14.3. The molecule has 112 valence electrons. The van der Waals surface area contributed by atoms with Crippen LogP contribution < -0.4 is 0 Å². The zero-order valence-corrected chi connectivity index (χ0v) is 12.9. The zero-order valence-electron chi connectivity index (χ0n) is 12.1. The van der Waals surface area contributed by atoms with Gasteiger partial charge in [-0.15, -0.1) is 11.3 Å². The summed E-state index contributed by atoms with van der Waals surface area (Å²) >= 11 is 1.64. The molecule has 0 N–H and O–H groups in total. The number of carbonyl (C=O) groups excluding carboxylic acids is 2. The van der Waals surface area contributed by atoms with E-state index in [0.29, 0.717) is 13.0 Å². The predicted octanol–water partition coefficient (Wildman–Crippen LogP) is 2.92. The third-order valence-electron chi connectivity index (χ3n) is 4.26. The molecule has 0 spiro atoms. The lowest BCUT2D eigenvalue weighted by Crippen LogP contribution is -2.25. The number of allylic oxidation sites excluding steroid dienone is 1. The fraction of sp³-hybridized carbons (Fsp3) is 0.500. The molecule has 0 saturated carbocycles. The molecule has 1 saturated heterocycles. The van der Waals surface area contributed by atoms with E-state index in [0.717, 1.165) is 29.7 Å². The Hall–Kier alpha value is -1.62. The molecule has 21 heavy (non-hydrogen) atoms. The molecular formula is C16H19NO3S. The number of rotatable bonds is 4. The first-order valence-corrected chi connectivity index (χ1v) is 8.20. The number of carbonyl (C=O) groups is 2. The molecule has 2 heterocycles. The van der Waals surface area contributed by atoms with Crippen LogP contribution in [0.15, 0.2) is 29.2 Å². The van der Waals surface area contributed by atoms with Crippen LogP contribution in [0.4, 0.5) is 0 Å². The van der Waals surface area contributed by atoms with E-state index in [-0.39, 0.29) is 23.8 Å². The van der Waals surface area contributed by atoms with Crippen molar-refractivity contribution in [1.82, 2.24) is 4.90 Å². The molecule has 5 heteroatoms. The van der Waals surface area contributed by atoms with Crippen LogP contribution in [0.5, 0.6) is 0 Å². The molecule has 0 bridgehead atoms. The van der Waals surface area contributed by atoms with Crippen LogP contribution in [0.2, 0.25) is 0 Å². The number of esters is 1. The van der Waals surface area contributed by atoms with Crippen molar-refractivity contribution in [3.05, 3.63) is 34.0 Å². The van der Waals surface area contributed by atoms with Crippen LogP contribution in [0.25, 0.3) is 0 Å². The van der Waals surface area contributed by atoms with Crippen molar-refractivity contribution in [2.75, 3.05) is 13.7 Å². The first-order chi connectivity index (χ1) is 10.2. The van der Waals surface area contributed by atoms with Gasteiger partial charge in [0.15, 0.2) is 0 Å². The quantitative estimate of drug-likeness (QED) is 0.804. The van der Waals surface area contributed by atoms with Gasteiger partial charge in [0.25, 0.3) is 0 Å². The van der Waals surface area contributed by atoms with Gasteiger partial charge in [0.1, 0.15) is 0 Å². The SMILES string of the molecule is CN1C(=O)CC(COC(=O)C2=CCCC2)C1c1cccs1. The summed E-state index contributed by atoms with van der Waals surface area (Å²) in [5.41, 5.74) is 0.792. The van der Waals surface area contributed by atoms with Crippen molar-refractivity contribution in [3.8, 4) is 0 Å². The maximum Gasteiger partial charge on any atom is 0.333 e. The molecule has 1 aliphatic heterocycles. The van der Waals surface area contributed by atoms with Crippen LogP contribution in [0.1, 0.15) is 36.6 Å². The van der Waals surface area contributed by atoms with E-state index in [9.17, 15) is 9.59 Å². The Labute approximate surface area is 128 Å². The smallest absolute Gasteiger partial charge is 0.333 e. The van der Waals surface area contributed by atoms with Crippen LogP contribution >= 0.6 is 11.3 Å². The molecule has 3 rings (SSSR count). The predicted molar refractivity (Wildman–Crippen MR) is 80.8 cm³/mol. The van der Waals surface area contributed by atoms with Gasteiger partial charge >= 0.3 is 5.97 Å². The Morgan fingerprint density at radius 2 is 2.38 bits per heavy atom. The molecule has 0 radical (unpaired) electrons. The lowest BCUT2D eigenvalue weighted by Gasteiger charge is -2.23. The van der Waals surface area contributed by atoms with E-state index in [4.69, 9.17) is 4.74 Å². The molecule has 2 atom stereocenters. The Kier molecular flexibility index (Phi) is 4.10. The Morgan fingerprint density at radius 1 is 1.52 bits per heavy atom. The van der Waals surface area contributed by atoms with Crippen LogP contribution in [-0.4, -0.2) is 30.4 Å². The number of likely N-dealkylation sites (tertiary alicyclic amines) is 1. The van der Waals surface area contributed by atoms with Crippen LogP contribution in [0.3, 0.4) is 0 Å². The fourth-order valence-corrected chi connectivity index (χ4v) is 4.08. The van der Waals surface area contributed by atoms with Crippen molar-refractivity contribution in [2.45, 2.75) is 31.7 Å². The number of nitrogens with zero attached hydrogens (tertiary/aromatic N) is 1. The summed E-state index contributed by atoms with van der Waals surface area (Å²) in [6.07, 6.45) is 5.23. The van der Waals surface area contributed by atoms with Gasteiger partial charge in [-0.3, -0.25) is 4.79 Å². The second-order valence-electron chi connectivity index (χ2n) is 5.65. The molecule has 1 fully saturated rings. The lowest BCUT2D eigenvalue weighted by molar-refractivity contribution is -0.140. The monoisotopic (exact) mass is 305 g/mol. The first-order valence-electron chi connectivity index (χ1n) is 7.32. The third-order valence-corrected chi connectivity index (χ3v) is 5.20. The molecular weight excluding hydrogens is 286 g/mol. The molecule has 4 nitrogen and oxygen atoms in total. The van der Waals surface area contributed by atoms with E-state index in [1.54, 1.807) is 16.2 Å². The summed E-state index contributed by atoms with van der Waals surface area (Å²) in [6.45, 7) is 0.314. The van der Waals surface area contributed by atoms with Crippen LogP contribution in [-0.2, 0) is 14.3 Å². The molecule has 1 amide bonds. The highest BCUT2D eigenvalue weighted by atomic mass is 32.1. The molecule has 1 aromatic rings. The van der Waals surface area contributed by atoms with Crippen molar-refractivity contribution in [1.29, 1.82) is 0 Å². The van der Waals surface area contributed by atoms with Crippen molar-refractivity contribution < 1.29 is 14.3 Å². The van der Waals surface area contributed by atoms with Crippen molar-refractivity contribution >= 4 is 23.2 Å². The normalized spacial score (nSPS) is 25.3. The van der Waals surface area contributed by atoms with E-state index in [1.807, 2.05) is 30.6 Å². The van der Waals surface area contributed by atoms with E-state index < -0.39 is 0 Å². The van der Waals surface area contributed by atoms with Crippen molar-refractivity contribution in [3.63, 3.8) is 0 Å². The second-order valence-corrected chi connectivity index (χ2v) is 6.63. The third kappa shape index (κ3) is 2.88. The molecule has 0 aromatic carbocycles. The van der Waals surface area contributed by atoms with Crippen LogP contribution in [0, 0.1) is 5.92 Å². The van der Waals surface area contributed by atoms with E-state index in [1.165, 1.54) is 0 Å². The van der Waals surface area contributed by atoms with E-state index in [2.05, 4.69) is 0 Å². The summed E-state index contributed by atoms with van der Waals surface area (Å²) in [6, 6.07) is 4.06. The minimum absolute atomic E-state index is 0.0304. The topological polar surface area (TPSA) is 46.6 Å². The molecule has 2 aliphatic rings. The average molecular weight is 305 g/mol. The maximum absolute atomic E-state index is 12.0. The minimum atomic E-state index is -0.209. The summed E-state index contributed by atoms with van der Waals surface area (Å²) in [4.78, 5) is 26.9. The Balaban J connectivity index is 1.66. The number of thiophene rings is 1. The lowest BCUT2D eigenvalue weighted by atomic mass is 10.00. The van der Waals surface area contributed by atoms with Gasteiger partial charge in [-0.1, -0.05) is 12.1 Å². The average Bonchev–Trinajstić information content (AvgIpc) is 3.19.